The molecule has 1 atom stereocenters. The van der Waals surface area contributed by atoms with Gasteiger partial charge in [0.1, 0.15) is 6.10 Å². The van der Waals surface area contributed by atoms with Gasteiger partial charge in [-0.15, -0.1) is 0 Å². The van der Waals surface area contributed by atoms with Gasteiger partial charge in [-0.05, 0) is 6.42 Å². The second-order valence-electron chi connectivity index (χ2n) is 2.62. The van der Waals surface area contributed by atoms with Gasteiger partial charge in [-0.1, -0.05) is 19.8 Å². The lowest BCUT2D eigenvalue weighted by Gasteiger charge is -2.07. The van der Waals surface area contributed by atoms with Crippen LogP contribution in [0.2, 0.25) is 0 Å². The van der Waals surface area contributed by atoms with Gasteiger partial charge < -0.3 is 14.9 Å². The van der Waals surface area contributed by atoms with E-state index in [1.807, 2.05) is 0 Å². The van der Waals surface area contributed by atoms with Gasteiger partial charge in [0.15, 0.2) is 0 Å². The molecule has 0 heterocycles. The van der Waals surface area contributed by atoms with Crippen LogP contribution in [0.4, 0.5) is 0 Å². The highest BCUT2D eigenvalue weighted by Gasteiger charge is 1.99. The molecule has 3 heteroatoms. The van der Waals surface area contributed by atoms with E-state index in [4.69, 9.17) is 14.9 Å². The lowest BCUT2D eigenvalue weighted by Crippen LogP contribution is -2.19. The third-order valence-electron chi connectivity index (χ3n) is 1.41. The molecule has 0 aliphatic heterocycles. The van der Waals surface area contributed by atoms with Crippen LogP contribution in [0.5, 0.6) is 0 Å². The van der Waals surface area contributed by atoms with Crippen LogP contribution in [0.1, 0.15) is 26.2 Å². The van der Waals surface area contributed by atoms with Gasteiger partial charge in [0, 0.05) is 6.61 Å². The van der Waals surface area contributed by atoms with Crippen molar-refractivity contribution in [2.45, 2.75) is 32.3 Å². The molecule has 0 aliphatic rings. The Morgan fingerprint density at radius 3 is 2.64 bits per heavy atom. The zero-order chi connectivity index (χ0) is 8.53. The molecule has 0 aromatic heterocycles. The predicted molar refractivity (Wildman–Crippen MR) is 43.4 cm³/mol. The molecule has 11 heavy (non-hydrogen) atoms. The van der Waals surface area contributed by atoms with E-state index in [2.05, 4.69) is 6.92 Å². The van der Waals surface area contributed by atoms with Crippen LogP contribution in [0.3, 0.4) is 0 Å². The first-order valence-corrected chi connectivity index (χ1v) is 4.18. The van der Waals surface area contributed by atoms with Crippen molar-refractivity contribution >= 4 is 0 Å². The molecule has 0 spiro atoms. The second kappa shape index (κ2) is 7.98. The van der Waals surface area contributed by atoms with Crippen molar-refractivity contribution < 1.29 is 14.9 Å². The maximum Gasteiger partial charge on any atom is 0.100 e. The zero-order valence-electron chi connectivity index (χ0n) is 7.12. The smallest absolute Gasteiger partial charge is 0.100 e. The van der Waals surface area contributed by atoms with Crippen molar-refractivity contribution in [1.29, 1.82) is 0 Å². The molecule has 0 unspecified atom stereocenters. The van der Waals surface area contributed by atoms with E-state index < -0.39 is 6.10 Å². The summed E-state index contributed by atoms with van der Waals surface area (Å²) in [4.78, 5) is 0. The summed E-state index contributed by atoms with van der Waals surface area (Å²) in [6.07, 6.45) is 2.66. The molecule has 68 valence electrons. The predicted octanol–water partition coefficient (Wildman–Crippen LogP) is 0.546. The van der Waals surface area contributed by atoms with Crippen molar-refractivity contribution in [2.75, 3.05) is 19.8 Å². The summed E-state index contributed by atoms with van der Waals surface area (Å²) in [6.45, 7) is 2.85. The molecule has 0 bridgehead atoms. The maximum atomic E-state index is 8.84. The van der Waals surface area contributed by atoms with Gasteiger partial charge in [-0.2, -0.15) is 0 Å². The van der Waals surface area contributed by atoms with Crippen LogP contribution < -0.4 is 0 Å². The number of ether oxygens (including phenoxy) is 1. The van der Waals surface area contributed by atoms with Gasteiger partial charge in [0.2, 0.25) is 0 Å². The lowest BCUT2D eigenvalue weighted by molar-refractivity contribution is 0.00533. The molecule has 0 aromatic carbocycles. The van der Waals surface area contributed by atoms with Crippen LogP contribution in [0.25, 0.3) is 0 Å². The number of aliphatic hydroxyl groups excluding tert-OH is 2. The standard InChI is InChI=1S/C8H18O3/c1-2-3-4-5-11-7-8(10)6-9/h8-10H,2-7H2,1H3/t8-/m0/s1. The van der Waals surface area contributed by atoms with Crippen molar-refractivity contribution in [2.24, 2.45) is 0 Å². The Kier molecular flexibility index (Phi) is 7.89. The van der Waals surface area contributed by atoms with E-state index in [1.165, 1.54) is 6.42 Å². The number of unbranched alkanes of at least 4 members (excludes halogenated alkanes) is 2. The lowest BCUT2D eigenvalue weighted by atomic mass is 10.3. The molecule has 0 aliphatic carbocycles. The average molecular weight is 162 g/mol. The normalized spacial score (nSPS) is 13.4. The van der Waals surface area contributed by atoms with Gasteiger partial charge in [-0.25, -0.2) is 0 Å². The molecule has 0 saturated carbocycles. The maximum absolute atomic E-state index is 8.84. The third-order valence-corrected chi connectivity index (χ3v) is 1.41. The van der Waals surface area contributed by atoms with Crippen LogP contribution in [-0.2, 0) is 4.74 Å². The summed E-state index contributed by atoms with van der Waals surface area (Å²) in [5.74, 6) is 0. The fourth-order valence-corrected chi connectivity index (χ4v) is 0.726. The quantitative estimate of drug-likeness (QED) is 0.537. The summed E-state index contributed by atoms with van der Waals surface area (Å²) in [5, 5.41) is 17.2. The minimum absolute atomic E-state index is 0.215. The first kappa shape index (κ1) is 10.9. The highest BCUT2D eigenvalue weighted by Crippen LogP contribution is 1.94. The first-order chi connectivity index (χ1) is 5.31. The fraction of sp³-hybridized carbons (Fsp3) is 1.00. The van der Waals surface area contributed by atoms with E-state index in [0.29, 0.717) is 6.61 Å². The largest absolute Gasteiger partial charge is 0.394 e. The third kappa shape index (κ3) is 7.78. The first-order valence-electron chi connectivity index (χ1n) is 4.18. The molecule has 2 N–H and O–H groups in total. The molecule has 0 radical (unpaired) electrons. The number of aliphatic hydroxyl groups is 2. The molecule has 3 nitrogen and oxygen atoms in total. The van der Waals surface area contributed by atoms with Crippen LogP contribution in [-0.4, -0.2) is 36.1 Å². The summed E-state index contributed by atoms with van der Waals surface area (Å²) >= 11 is 0. The second-order valence-corrected chi connectivity index (χ2v) is 2.62. The Morgan fingerprint density at radius 1 is 1.36 bits per heavy atom. The van der Waals surface area contributed by atoms with E-state index >= 15 is 0 Å². The molecule has 0 saturated heterocycles. The molecular weight excluding hydrogens is 144 g/mol. The molecule has 0 amide bonds. The Hall–Kier alpha value is -0.120. The Labute approximate surface area is 68.0 Å². The SMILES string of the molecule is CCCCCOC[C@@H](O)CO. The number of hydrogen-bond donors (Lipinski definition) is 2. The van der Waals surface area contributed by atoms with Crippen molar-refractivity contribution in [3.8, 4) is 0 Å². The van der Waals surface area contributed by atoms with Crippen molar-refractivity contribution in [3.05, 3.63) is 0 Å². The van der Waals surface area contributed by atoms with E-state index in [9.17, 15) is 0 Å². The number of rotatable bonds is 7. The van der Waals surface area contributed by atoms with Gasteiger partial charge in [0.05, 0.1) is 13.2 Å². The fourth-order valence-electron chi connectivity index (χ4n) is 0.726. The van der Waals surface area contributed by atoms with E-state index in [-0.39, 0.29) is 13.2 Å². The average Bonchev–Trinajstić information content (AvgIpc) is 2.04. The zero-order valence-corrected chi connectivity index (χ0v) is 7.12. The highest BCUT2D eigenvalue weighted by molar-refractivity contribution is 4.48. The summed E-state index contributed by atoms with van der Waals surface area (Å²) in [7, 11) is 0. The molecule has 0 fully saturated rings. The molecular formula is C8H18O3. The Morgan fingerprint density at radius 2 is 2.09 bits per heavy atom. The van der Waals surface area contributed by atoms with Crippen molar-refractivity contribution in [3.63, 3.8) is 0 Å². The van der Waals surface area contributed by atoms with Crippen LogP contribution >= 0.6 is 0 Å². The summed E-state index contributed by atoms with van der Waals surface area (Å²) in [5.41, 5.74) is 0. The Bertz CT molecular complexity index is 75.7. The monoisotopic (exact) mass is 162 g/mol. The van der Waals surface area contributed by atoms with Gasteiger partial charge >= 0.3 is 0 Å². The minimum Gasteiger partial charge on any atom is -0.394 e. The number of hydrogen-bond acceptors (Lipinski definition) is 3. The highest BCUT2D eigenvalue weighted by atomic mass is 16.5. The van der Waals surface area contributed by atoms with Crippen molar-refractivity contribution in [1.82, 2.24) is 0 Å². The Balaban J connectivity index is 2.89. The van der Waals surface area contributed by atoms with Crippen LogP contribution in [0, 0.1) is 0 Å². The topological polar surface area (TPSA) is 49.7 Å². The van der Waals surface area contributed by atoms with Gasteiger partial charge in [-0.3, -0.25) is 0 Å². The summed E-state index contributed by atoms with van der Waals surface area (Å²) in [6, 6.07) is 0. The van der Waals surface area contributed by atoms with Crippen LogP contribution in [0.15, 0.2) is 0 Å². The van der Waals surface area contributed by atoms with E-state index in [0.717, 1.165) is 12.8 Å². The minimum atomic E-state index is -0.711. The molecule has 0 rings (SSSR count). The summed E-state index contributed by atoms with van der Waals surface area (Å²) < 4.78 is 5.08. The van der Waals surface area contributed by atoms with Gasteiger partial charge in [0.25, 0.3) is 0 Å². The molecule has 0 aromatic rings. The van der Waals surface area contributed by atoms with E-state index in [1.54, 1.807) is 0 Å².